The van der Waals surface area contributed by atoms with Crippen molar-refractivity contribution in [2.75, 3.05) is 0 Å². The number of carbonyl (C=O) groups excluding carboxylic acids is 2. The number of halogens is 1. The third kappa shape index (κ3) is 4.28. The fourth-order valence-corrected chi connectivity index (χ4v) is 2.44. The van der Waals surface area contributed by atoms with Crippen LogP contribution < -0.4 is 5.32 Å². The molecule has 1 aromatic carbocycles. The molecule has 0 unspecified atom stereocenters. The van der Waals surface area contributed by atoms with E-state index in [4.69, 9.17) is 4.74 Å². The molecule has 21 heavy (non-hydrogen) atoms. The van der Waals surface area contributed by atoms with E-state index in [0.29, 0.717) is 6.42 Å². The zero-order valence-electron chi connectivity index (χ0n) is 12.5. The van der Waals surface area contributed by atoms with Gasteiger partial charge in [-0.15, -0.1) is 0 Å². The molecule has 1 N–H and O–H groups in total. The number of esters is 1. The number of ether oxygens (including phenoxy) is 1. The Balaban J connectivity index is 2.08. The predicted molar refractivity (Wildman–Crippen MR) is 76.0 cm³/mol. The summed E-state index contributed by atoms with van der Waals surface area (Å²) in [7, 11) is 0. The molecule has 1 amide bonds. The first kappa shape index (κ1) is 15.5. The van der Waals surface area contributed by atoms with Gasteiger partial charge in [-0.1, -0.05) is 12.1 Å². The monoisotopic (exact) mass is 293 g/mol. The van der Waals surface area contributed by atoms with Gasteiger partial charge < -0.3 is 10.1 Å². The molecule has 1 aromatic rings. The zero-order valence-corrected chi connectivity index (χ0v) is 12.5. The van der Waals surface area contributed by atoms with Crippen LogP contribution in [0, 0.1) is 11.7 Å². The molecule has 1 heterocycles. The number of benzene rings is 1. The molecule has 0 aliphatic carbocycles. The van der Waals surface area contributed by atoms with Crippen LogP contribution in [0.4, 0.5) is 4.39 Å². The van der Waals surface area contributed by atoms with Crippen LogP contribution in [0.25, 0.3) is 0 Å². The van der Waals surface area contributed by atoms with Gasteiger partial charge >= 0.3 is 5.97 Å². The molecule has 4 nitrogen and oxygen atoms in total. The van der Waals surface area contributed by atoms with Gasteiger partial charge in [0.1, 0.15) is 17.5 Å². The van der Waals surface area contributed by atoms with Gasteiger partial charge in [-0.25, -0.2) is 9.18 Å². The number of carbonyl (C=O) groups is 2. The van der Waals surface area contributed by atoms with Crippen LogP contribution in [0.1, 0.15) is 32.8 Å². The van der Waals surface area contributed by atoms with Crippen molar-refractivity contribution >= 4 is 11.9 Å². The standard InChI is InChI=1S/C16H20FNO3/c1-16(2,3)21-15(20)14-11(9-13(19)18-14)8-10-4-6-12(17)7-5-10/h4-7,11,14H,8-9H2,1-3H3,(H,18,19)/t11-,14+/m1/s1. The van der Waals surface area contributed by atoms with E-state index in [1.165, 1.54) is 12.1 Å². The normalized spacial score (nSPS) is 22.0. The van der Waals surface area contributed by atoms with E-state index in [1.54, 1.807) is 32.9 Å². The fraction of sp³-hybridized carbons (Fsp3) is 0.500. The van der Waals surface area contributed by atoms with Crippen LogP contribution in [-0.4, -0.2) is 23.5 Å². The fourth-order valence-electron chi connectivity index (χ4n) is 2.44. The van der Waals surface area contributed by atoms with Gasteiger partial charge in [-0.3, -0.25) is 4.79 Å². The largest absolute Gasteiger partial charge is 0.458 e. The Labute approximate surface area is 123 Å². The molecule has 0 spiro atoms. The van der Waals surface area contributed by atoms with Gasteiger partial charge in [0.05, 0.1) is 0 Å². The maximum absolute atomic E-state index is 12.9. The smallest absolute Gasteiger partial charge is 0.329 e. The quantitative estimate of drug-likeness (QED) is 0.869. The molecule has 5 heteroatoms. The summed E-state index contributed by atoms with van der Waals surface area (Å²) in [4.78, 5) is 23.8. The lowest BCUT2D eigenvalue weighted by Crippen LogP contribution is -2.42. The summed E-state index contributed by atoms with van der Waals surface area (Å²) in [6.45, 7) is 5.37. The molecule has 0 aromatic heterocycles. The predicted octanol–water partition coefficient (Wildman–Crippen LogP) is 2.21. The lowest BCUT2D eigenvalue weighted by Gasteiger charge is -2.24. The number of amides is 1. The topological polar surface area (TPSA) is 55.4 Å². The molecule has 2 atom stereocenters. The second-order valence-electron chi connectivity index (χ2n) is 6.37. The average Bonchev–Trinajstić information content (AvgIpc) is 2.71. The van der Waals surface area contributed by atoms with Crippen molar-refractivity contribution in [2.45, 2.75) is 45.3 Å². The first-order valence-electron chi connectivity index (χ1n) is 7.01. The first-order chi connectivity index (χ1) is 9.74. The van der Waals surface area contributed by atoms with E-state index in [-0.39, 0.29) is 24.1 Å². The van der Waals surface area contributed by atoms with E-state index in [2.05, 4.69) is 5.32 Å². The summed E-state index contributed by atoms with van der Waals surface area (Å²) in [6, 6.07) is 5.46. The maximum Gasteiger partial charge on any atom is 0.329 e. The van der Waals surface area contributed by atoms with Crippen LogP contribution in [0.5, 0.6) is 0 Å². The van der Waals surface area contributed by atoms with Crippen molar-refractivity contribution in [1.29, 1.82) is 0 Å². The Morgan fingerprint density at radius 1 is 1.33 bits per heavy atom. The van der Waals surface area contributed by atoms with Crippen LogP contribution in [0.2, 0.25) is 0 Å². The van der Waals surface area contributed by atoms with Gasteiger partial charge in [-0.05, 0) is 44.9 Å². The van der Waals surface area contributed by atoms with Crippen molar-refractivity contribution in [1.82, 2.24) is 5.32 Å². The number of nitrogens with one attached hydrogen (secondary N) is 1. The highest BCUT2D eigenvalue weighted by molar-refractivity contribution is 5.89. The van der Waals surface area contributed by atoms with Crippen LogP contribution in [-0.2, 0) is 20.7 Å². The Morgan fingerprint density at radius 3 is 2.52 bits per heavy atom. The minimum Gasteiger partial charge on any atom is -0.458 e. The van der Waals surface area contributed by atoms with Gasteiger partial charge in [-0.2, -0.15) is 0 Å². The molecule has 1 fully saturated rings. The second kappa shape index (κ2) is 5.84. The van der Waals surface area contributed by atoms with Gasteiger partial charge in [0.25, 0.3) is 0 Å². The third-order valence-electron chi connectivity index (χ3n) is 3.31. The Bertz CT molecular complexity index is 533. The summed E-state index contributed by atoms with van der Waals surface area (Å²) in [6.07, 6.45) is 0.810. The molecule has 2 rings (SSSR count). The Morgan fingerprint density at radius 2 is 1.95 bits per heavy atom. The van der Waals surface area contributed by atoms with E-state index >= 15 is 0 Å². The molecular formula is C16H20FNO3. The van der Waals surface area contributed by atoms with Crippen molar-refractivity contribution in [3.8, 4) is 0 Å². The highest BCUT2D eigenvalue weighted by Gasteiger charge is 2.39. The SMILES string of the molecule is CC(C)(C)OC(=O)[C@H]1NC(=O)C[C@H]1Cc1ccc(F)cc1. The zero-order chi connectivity index (χ0) is 15.6. The molecule has 0 saturated carbocycles. The highest BCUT2D eigenvalue weighted by Crippen LogP contribution is 2.24. The van der Waals surface area contributed by atoms with Crippen LogP contribution >= 0.6 is 0 Å². The highest BCUT2D eigenvalue weighted by atomic mass is 19.1. The van der Waals surface area contributed by atoms with E-state index in [1.807, 2.05) is 0 Å². The molecule has 1 aliphatic rings. The summed E-state index contributed by atoms with van der Waals surface area (Å²) in [5.41, 5.74) is 0.302. The molecule has 0 bridgehead atoms. The maximum atomic E-state index is 12.9. The van der Waals surface area contributed by atoms with Crippen molar-refractivity contribution in [3.05, 3.63) is 35.6 Å². The summed E-state index contributed by atoms with van der Waals surface area (Å²) < 4.78 is 18.3. The van der Waals surface area contributed by atoms with Crippen LogP contribution in [0.15, 0.2) is 24.3 Å². The second-order valence-corrected chi connectivity index (χ2v) is 6.37. The Kier molecular flexibility index (Phi) is 4.30. The van der Waals surface area contributed by atoms with Crippen molar-refractivity contribution in [3.63, 3.8) is 0 Å². The van der Waals surface area contributed by atoms with Gasteiger partial charge in [0.2, 0.25) is 5.91 Å². The summed E-state index contributed by atoms with van der Waals surface area (Å²) in [5, 5.41) is 2.67. The molecular weight excluding hydrogens is 273 g/mol. The Hall–Kier alpha value is -1.91. The lowest BCUT2D eigenvalue weighted by atomic mass is 9.92. The van der Waals surface area contributed by atoms with Gasteiger partial charge in [0.15, 0.2) is 0 Å². The number of rotatable bonds is 3. The van der Waals surface area contributed by atoms with Crippen molar-refractivity contribution in [2.24, 2.45) is 5.92 Å². The van der Waals surface area contributed by atoms with E-state index < -0.39 is 17.6 Å². The molecule has 1 aliphatic heterocycles. The number of hydrogen-bond acceptors (Lipinski definition) is 3. The molecule has 0 radical (unpaired) electrons. The summed E-state index contributed by atoms with van der Waals surface area (Å²) >= 11 is 0. The minimum absolute atomic E-state index is 0.155. The lowest BCUT2D eigenvalue weighted by molar-refractivity contribution is -0.158. The van der Waals surface area contributed by atoms with Crippen LogP contribution in [0.3, 0.4) is 0 Å². The first-order valence-corrected chi connectivity index (χ1v) is 7.01. The summed E-state index contributed by atoms with van der Waals surface area (Å²) in [5.74, 6) is -1.04. The average molecular weight is 293 g/mol. The van der Waals surface area contributed by atoms with E-state index in [0.717, 1.165) is 5.56 Å². The molecule has 1 saturated heterocycles. The third-order valence-corrected chi connectivity index (χ3v) is 3.31. The number of hydrogen-bond donors (Lipinski definition) is 1. The minimum atomic E-state index is -0.637. The van der Waals surface area contributed by atoms with Gasteiger partial charge in [0, 0.05) is 12.3 Å². The molecule has 114 valence electrons. The van der Waals surface area contributed by atoms with Crippen molar-refractivity contribution < 1.29 is 18.7 Å². The van der Waals surface area contributed by atoms with E-state index in [9.17, 15) is 14.0 Å².